The Labute approximate surface area is 125 Å². The molecular formula is C17H34N2O. The molecule has 2 aliphatic rings. The van der Waals surface area contributed by atoms with Gasteiger partial charge in [0.25, 0.3) is 0 Å². The van der Waals surface area contributed by atoms with Crippen molar-refractivity contribution in [2.75, 3.05) is 26.7 Å². The van der Waals surface area contributed by atoms with Gasteiger partial charge in [0.2, 0.25) is 0 Å². The van der Waals surface area contributed by atoms with Gasteiger partial charge in [0, 0.05) is 18.1 Å². The first-order chi connectivity index (χ1) is 9.69. The average Bonchev–Trinajstić information content (AvgIpc) is 2.98. The summed E-state index contributed by atoms with van der Waals surface area (Å²) in [4.78, 5) is 2.59. The Balaban J connectivity index is 1.87. The Morgan fingerprint density at radius 3 is 2.60 bits per heavy atom. The highest BCUT2D eigenvalue weighted by Gasteiger charge is 2.37. The van der Waals surface area contributed by atoms with E-state index in [2.05, 4.69) is 24.2 Å². The number of nitrogens with zero attached hydrogens (tertiary/aromatic N) is 1. The zero-order valence-corrected chi connectivity index (χ0v) is 13.5. The third-order valence-electron chi connectivity index (χ3n) is 5.52. The minimum absolute atomic E-state index is 0.0110. The van der Waals surface area contributed by atoms with Crippen LogP contribution in [-0.2, 0) is 0 Å². The highest BCUT2D eigenvalue weighted by molar-refractivity contribution is 4.96. The molecular weight excluding hydrogens is 248 g/mol. The molecule has 2 N–H and O–H groups in total. The van der Waals surface area contributed by atoms with Crippen LogP contribution < -0.4 is 5.32 Å². The first-order valence-corrected chi connectivity index (χ1v) is 8.75. The molecule has 0 aliphatic heterocycles. The van der Waals surface area contributed by atoms with Gasteiger partial charge in [-0.3, -0.25) is 0 Å². The van der Waals surface area contributed by atoms with Crippen molar-refractivity contribution in [1.29, 1.82) is 0 Å². The van der Waals surface area contributed by atoms with Crippen molar-refractivity contribution in [3.8, 4) is 0 Å². The number of nitrogens with one attached hydrogen (secondary N) is 1. The minimum atomic E-state index is -0.0110. The van der Waals surface area contributed by atoms with Crippen molar-refractivity contribution in [1.82, 2.24) is 10.2 Å². The number of aliphatic hydroxyl groups excluding tert-OH is 1. The molecule has 0 radical (unpaired) electrons. The maximum atomic E-state index is 9.87. The molecule has 2 aliphatic carbocycles. The van der Waals surface area contributed by atoms with Crippen LogP contribution in [0.5, 0.6) is 0 Å². The fourth-order valence-electron chi connectivity index (χ4n) is 4.21. The Hall–Kier alpha value is -0.120. The molecule has 0 heterocycles. The molecule has 2 saturated carbocycles. The van der Waals surface area contributed by atoms with E-state index in [0.717, 1.165) is 31.7 Å². The molecule has 2 fully saturated rings. The van der Waals surface area contributed by atoms with Gasteiger partial charge in [-0.15, -0.1) is 0 Å². The van der Waals surface area contributed by atoms with E-state index in [0.29, 0.717) is 12.6 Å². The molecule has 3 nitrogen and oxygen atoms in total. The van der Waals surface area contributed by atoms with E-state index in [9.17, 15) is 5.11 Å². The van der Waals surface area contributed by atoms with Crippen LogP contribution in [0.15, 0.2) is 0 Å². The quantitative estimate of drug-likeness (QED) is 0.754. The average molecular weight is 282 g/mol. The SMILES string of the molecule is CCCNC1(CO)CCCC(N(C)CC2CCCC2)C1. The number of hydrogen-bond acceptors (Lipinski definition) is 3. The standard InChI is InChI=1S/C17H34N2O/c1-3-11-18-17(14-20)10-6-9-16(12-17)19(2)13-15-7-4-5-8-15/h15-16,18,20H,3-14H2,1-2H3. The normalized spacial score (nSPS) is 32.1. The van der Waals surface area contributed by atoms with Crippen LogP contribution in [0.3, 0.4) is 0 Å². The fourth-order valence-corrected chi connectivity index (χ4v) is 4.21. The second-order valence-corrected chi connectivity index (χ2v) is 7.21. The number of hydrogen-bond donors (Lipinski definition) is 2. The summed E-state index contributed by atoms with van der Waals surface area (Å²) in [5.74, 6) is 0.925. The maximum Gasteiger partial charge on any atom is 0.0613 e. The highest BCUT2D eigenvalue weighted by Crippen LogP contribution is 2.32. The lowest BCUT2D eigenvalue weighted by atomic mass is 9.78. The smallest absolute Gasteiger partial charge is 0.0613 e. The van der Waals surface area contributed by atoms with E-state index in [1.807, 2.05) is 0 Å². The van der Waals surface area contributed by atoms with Crippen LogP contribution in [0.2, 0.25) is 0 Å². The lowest BCUT2D eigenvalue weighted by Gasteiger charge is -2.44. The zero-order chi connectivity index (χ0) is 14.4. The van der Waals surface area contributed by atoms with Crippen LogP contribution in [0.4, 0.5) is 0 Å². The molecule has 0 aromatic carbocycles. The van der Waals surface area contributed by atoms with Gasteiger partial charge in [-0.1, -0.05) is 19.8 Å². The molecule has 2 atom stereocenters. The van der Waals surface area contributed by atoms with Gasteiger partial charge in [-0.2, -0.15) is 0 Å². The van der Waals surface area contributed by atoms with E-state index in [1.165, 1.54) is 45.1 Å². The van der Waals surface area contributed by atoms with Crippen molar-refractivity contribution >= 4 is 0 Å². The molecule has 2 unspecified atom stereocenters. The van der Waals surface area contributed by atoms with Crippen LogP contribution >= 0.6 is 0 Å². The number of rotatable bonds is 7. The molecule has 0 spiro atoms. The van der Waals surface area contributed by atoms with E-state index in [-0.39, 0.29) is 5.54 Å². The third-order valence-corrected chi connectivity index (χ3v) is 5.52. The number of aliphatic hydroxyl groups is 1. The maximum absolute atomic E-state index is 9.87. The molecule has 20 heavy (non-hydrogen) atoms. The predicted octanol–water partition coefficient (Wildman–Crippen LogP) is 2.78. The summed E-state index contributed by atoms with van der Waals surface area (Å²) in [6, 6.07) is 0.654. The fraction of sp³-hybridized carbons (Fsp3) is 1.00. The minimum Gasteiger partial charge on any atom is -0.394 e. The first-order valence-electron chi connectivity index (χ1n) is 8.75. The Morgan fingerprint density at radius 2 is 1.95 bits per heavy atom. The topological polar surface area (TPSA) is 35.5 Å². The van der Waals surface area contributed by atoms with E-state index >= 15 is 0 Å². The lowest BCUT2D eigenvalue weighted by Crippen LogP contribution is -2.55. The monoisotopic (exact) mass is 282 g/mol. The van der Waals surface area contributed by atoms with Gasteiger partial charge in [-0.05, 0) is 64.5 Å². The summed E-state index contributed by atoms with van der Waals surface area (Å²) in [5, 5.41) is 13.5. The molecule has 118 valence electrons. The molecule has 0 saturated heterocycles. The Bertz CT molecular complexity index is 278. The van der Waals surface area contributed by atoms with Gasteiger partial charge in [0.15, 0.2) is 0 Å². The van der Waals surface area contributed by atoms with Gasteiger partial charge >= 0.3 is 0 Å². The summed E-state index contributed by atoms with van der Waals surface area (Å²) in [6.45, 7) is 4.78. The Kier molecular flexibility index (Phi) is 6.31. The second kappa shape index (κ2) is 7.77. The highest BCUT2D eigenvalue weighted by atomic mass is 16.3. The zero-order valence-electron chi connectivity index (χ0n) is 13.5. The predicted molar refractivity (Wildman–Crippen MR) is 85.0 cm³/mol. The van der Waals surface area contributed by atoms with Crippen LogP contribution in [-0.4, -0.2) is 48.3 Å². The van der Waals surface area contributed by atoms with Crippen LogP contribution in [0.1, 0.15) is 64.7 Å². The van der Waals surface area contributed by atoms with Crippen molar-refractivity contribution < 1.29 is 5.11 Å². The molecule has 2 rings (SSSR count). The summed E-state index contributed by atoms with van der Waals surface area (Å²) in [5.41, 5.74) is -0.0110. The van der Waals surface area contributed by atoms with Gasteiger partial charge < -0.3 is 15.3 Å². The molecule has 0 amide bonds. The third kappa shape index (κ3) is 4.19. The van der Waals surface area contributed by atoms with E-state index in [4.69, 9.17) is 0 Å². The van der Waals surface area contributed by atoms with Gasteiger partial charge in [-0.25, -0.2) is 0 Å². The lowest BCUT2D eigenvalue weighted by molar-refractivity contribution is 0.0641. The summed E-state index contributed by atoms with van der Waals surface area (Å²) in [6.07, 6.45) is 11.7. The largest absolute Gasteiger partial charge is 0.394 e. The van der Waals surface area contributed by atoms with Crippen LogP contribution in [0, 0.1) is 5.92 Å². The van der Waals surface area contributed by atoms with Crippen molar-refractivity contribution in [2.24, 2.45) is 5.92 Å². The van der Waals surface area contributed by atoms with Gasteiger partial charge in [0.1, 0.15) is 0 Å². The van der Waals surface area contributed by atoms with Crippen molar-refractivity contribution in [3.63, 3.8) is 0 Å². The second-order valence-electron chi connectivity index (χ2n) is 7.21. The van der Waals surface area contributed by atoms with Crippen LogP contribution in [0.25, 0.3) is 0 Å². The summed E-state index contributed by atoms with van der Waals surface area (Å²) in [7, 11) is 2.30. The van der Waals surface area contributed by atoms with E-state index in [1.54, 1.807) is 0 Å². The summed E-state index contributed by atoms with van der Waals surface area (Å²) >= 11 is 0. The summed E-state index contributed by atoms with van der Waals surface area (Å²) < 4.78 is 0. The van der Waals surface area contributed by atoms with Crippen molar-refractivity contribution in [2.45, 2.75) is 76.3 Å². The molecule has 0 bridgehead atoms. The molecule has 0 aromatic heterocycles. The van der Waals surface area contributed by atoms with E-state index < -0.39 is 0 Å². The molecule has 0 aromatic rings. The Morgan fingerprint density at radius 1 is 1.20 bits per heavy atom. The first kappa shape index (κ1) is 16.3. The molecule has 3 heteroatoms. The van der Waals surface area contributed by atoms with Crippen molar-refractivity contribution in [3.05, 3.63) is 0 Å². The van der Waals surface area contributed by atoms with Gasteiger partial charge in [0.05, 0.1) is 6.61 Å².